The van der Waals surface area contributed by atoms with Crippen LogP contribution >= 0.6 is 11.8 Å². The molecular formula is C10H8NS+. The number of rotatable bonds is 0. The number of benzene rings is 1. The summed E-state index contributed by atoms with van der Waals surface area (Å²) in [5, 5.41) is 0.516. The van der Waals surface area contributed by atoms with Crippen molar-refractivity contribution in [2.24, 2.45) is 0 Å². The molecule has 0 saturated heterocycles. The first-order valence-electron chi connectivity index (χ1n) is 4.01. The fourth-order valence-electron chi connectivity index (χ4n) is 1.63. The lowest BCUT2D eigenvalue weighted by atomic mass is 10.3. The Morgan fingerprint density at radius 3 is 3.17 bits per heavy atom. The Balaban J connectivity index is 2.23. The first-order valence-corrected chi connectivity index (χ1v) is 4.89. The van der Waals surface area contributed by atoms with Crippen LogP contribution < -0.4 is 0 Å². The predicted molar refractivity (Wildman–Crippen MR) is 51.2 cm³/mol. The van der Waals surface area contributed by atoms with Crippen LogP contribution in [0.1, 0.15) is 0 Å². The molecule has 1 nitrogen and oxygen atoms in total. The molecule has 2 heteroatoms. The normalized spacial score (nSPS) is 23.7. The summed E-state index contributed by atoms with van der Waals surface area (Å²) < 4.78 is 2.31. The van der Waals surface area contributed by atoms with E-state index in [0.717, 1.165) is 0 Å². The van der Waals surface area contributed by atoms with Crippen LogP contribution in [-0.2, 0) is 0 Å². The summed E-state index contributed by atoms with van der Waals surface area (Å²) in [5.41, 5.74) is 1.34. The molecule has 0 amide bonds. The van der Waals surface area contributed by atoms with Gasteiger partial charge in [-0.3, -0.25) is 0 Å². The summed E-state index contributed by atoms with van der Waals surface area (Å²) in [5.74, 6) is 0. The summed E-state index contributed by atoms with van der Waals surface area (Å²) in [4.78, 5) is 1.39. The lowest BCUT2D eigenvalue weighted by Gasteiger charge is -1.92. The number of hydrogen-bond donors (Lipinski definition) is 0. The van der Waals surface area contributed by atoms with Gasteiger partial charge in [-0.15, -0.1) is 0 Å². The molecule has 1 atom stereocenters. The molecule has 0 saturated carbocycles. The SMILES string of the molecule is C1=CC2Sc3ccccc3[N+]2=C1. The number of fused-ring (bicyclic) bond motifs is 3. The van der Waals surface area contributed by atoms with E-state index in [1.54, 1.807) is 0 Å². The third kappa shape index (κ3) is 0.730. The highest BCUT2D eigenvalue weighted by molar-refractivity contribution is 8.00. The third-order valence-corrected chi connectivity index (χ3v) is 3.41. The quantitative estimate of drug-likeness (QED) is 0.546. The lowest BCUT2D eigenvalue weighted by Crippen LogP contribution is -2.06. The topological polar surface area (TPSA) is 3.01 Å². The molecule has 0 aliphatic carbocycles. The average molecular weight is 174 g/mol. The van der Waals surface area contributed by atoms with Gasteiger partial charge in [-0.1, -0.05) is 12.1 Å². The van der Waals surface area contributed by atoms with Crippen molar-refractivity contribution in [1.82, 2.24) is 0 Å². The molecule has 0 fully saturated rings. The molecule has 0 radical (unpaired) electrons. The van der Waals surface area contributed by atoms with E-state index in [9.17, 15) is 0 Å². The molecule has 1 aromatic carbocycles. The van der Waals surface area contributed by atoms with Gasteiger partial charge in [0, 0.05) is 18.2 Å². The molecule has 12 heavy (non-hydrogen) atoms. The number of hydrogen-bond acceptors (Lipinski definition) is 1. The second-order valence-electron chi connectivity index (χ2n) is 2.92. The summed E-state index contributed by atoms with van der Waals surface area (Å²) in [6.45, 7) is 0. The molecule has 0 N–H and O–H groups in total. The van der Waals surface area contributed by atoms with E-state index in [1.165, 1.54) is 10.6 Å². The van der Waals surface area contributed by atoms with Crippen molar-refractivity contribution in [3.8, 4) is 0 Å². The third-order valence-electron chi connectivity index (χ3n) is 2.19. The van der Waals surface area contributed by atoms with E-state index >= 15 is 0 Å². The van der Waals surface area contributed by atoms with E-state index in [-0.39, 0.29) is 0 Å². The van der Waals surface area contributed by atoms with Crippen molar-refractivity contribution >= 4 is 23.7 Å². The first kappa shape index (κ1) is 6.49. The monoisotopic (exact) mass is 174 g/mol. The minimum Gasteiger partial charge on any atom is -0.181 e. The fraction of sp³-hybridized carbons (Fsp3) is 0.100. The molecule has 0 spiro atoms. The Hall–Kier alpha value is -1.02. The van der Waals surface area contributed by atoms with Crippen molar-refractivity contribution in [1.29, 1.82) is 0 Å². The Morgan fingerprint density at radius 1 is 1.25 bits per heavy atom. The molecule has 1 unspecified atom stereocenters. The van der Waals surface area contributed by atoms with E-state index < -0.39 is 0 Å². The average Bonchev–Trinajstić information content (AvgIpc) is 2.62. The number of nitrogens with zero attached hydrogens (tertiary/aromatic N) is 1. The summed E-state index contributed by atoms with van der Waals surface area (Å²) in [6, 6.07) is 8.54. The van der Waals surface area contributed by atoms with Gasteiger partial charge in [0.25, 0.3) is 0 Å². The fourth-order valence-corrected chi connectivity index (χ4v) is 2.81. The van der Waals surface area contributed by atoms with Gasteiger partial charge in [0.1, 0.15) is 0 Å². The molecule has 58 valence electrons. The lowest BCUT2D eigenvalue weighted by molar-refractivity contribution is -0.431. The number of allylic oxidation sites excluding steroid dienone is 1. The zero-order chi connectivity index (χ0) is 7.97. The Morgan fingerprint density at radius 2 is 2.17 bits per heavy atom. The maximum Gasteiger partial charge on any atom is 0.228 e. The highest BCUT2D eigenvalue weighted by atomic mass is 32.2. The zero-order valence-corrected chi connectivity index (χ0v) is 7.29. The first-order chi connectivity index (χ1) is 5.95. The summed E-state index contributed by atoms with van der Waals surface area (Å²) in [6.07, 6.45) is 6.49. The van der Waals surface area contributed by atoms with E-state index in [2.05, 4.69) is 47.2 Å². The number of thioether (sulfide) groups is 1. The van der Waals surface area contributed by atoms with Crippen molar-refractivity contribution in [2.75, 3.05) is 0 Å². The minimum absolute atomic E-state index is 0.516. The van der Waals surface area contributed by atoms with Gasteiger partial charge >= 0.3 is 0 Å². The molecule has 0 bridgehead atoms. The number of para-hydroxylation sites is 1. The van der Waals surface area contributed by atoms with E-state index in [1.807, 2.05) is 11.8 Å². The van der Waals surface area contributed by atoms with Crippen molar-refractivity contribution < 1.29 is 4.58 Å². The maximum atomic E-state index is 2.31. The minimum atomic E-state index is 0.516. The Kier molecular flexibility index (Phi) is 1.21. The molecule has 0 aromatic heterocycles. The Bertz CT molecular complexity index is 393. The van der Waals surface area contributed by atoms with Crippen LogP contribution in [0.25, 0.3) is 0 Å². The van der Waals surface area contributed by atoms with Crippen LogP contribution in [0.3, 0.4) is 0 Å². The molecule has 3 rings (SSSR count). The van der Waals surface area contributed by atoms with Crippen LogP contribution in [-0.4, -0.2) is 16.2 Å². The highest BCUT2D eigenvalue weighted by Gasteiger charge is 2.34. The molecule has 2 heterocycles. The van der Waals surface area contributed by atoms with Gasteiger partial charge in [-0.2, -0.15) is 4.58 Å². The van der Waals surface area contributed by atoms with Gasteiger partial charge in [-0.25, -0.2) is 0 Å². The second-order valence-corrected chi connectivity index (χ2v) is 4.08. The van der Waals surface area contributed by atoms with E-state index in [0.29, 0.717) is 5.37 Å². The van der Waals surface area contributed by atoms with Crippen LogP contribution in [0.5, 0.6) is 0 Å². The smallest absolute Gasteiger partial charge is 0.181 e. The molecular weight excluding hydrogens is 166 g/mol. The predicted octanol–water partition coefficient (Wildman–Crippen LogP) is 2.40. The molecule has 2 aliphatic heterocycles. The van der Waals surface area contributed by atoms with E-state index in [4.69, 9.17) is 0 Å². The zero-order valence-electron chi connectivity index (χ0n) is 6.47. The summed E-state index contributed by atoms with van der Waals surface area (Å²) in [7, 11) is 0. The van der Waals surface area contributed by atoms with Crippen molar-refractivity contribution in [3.63, 3.8) is 0 Å². The Labute approximate surface area is 75.4 Å². The molecule has 1 aromatic rings. The van der Waals surface area contributed by atoms with Crippen LogP contribution in [0.4, 0.5) is 5.69 Å². The van der Waals surface area contributed by atoms with Gasteiger partial charge in [0.2, 0.25) is 11.1 Å². The standard InChI is InChI=1S/C10H8NS/c1-2-5-9-8(4-1)11-7-3-6-10(11)12-9/h1-7,10H/q+1. The summed E-state index contributed by atoms with van der Waals surface area (Å²) >= 11 is 1.91. The maximum absolute atomic E-state index is 2.31. The van der Waals surface area contributed by atoms with Gasteiger partial charge in [-0.05, 0) is 17.8 Å². The van der Waals surface area contributed by atoms with Crippen LogP contribution in [0.2, 0.25) is 0 Å². The largest absolute Gasteiger partial charge is 0.228 e. The van der Waals surface area contributed by atoms with Gasteiger partial charge in [0.05, 0.1) is 4.90 Å². The van der Waals surface area contributed by atoms with Crippen LogP contribution in [0.15, 0.2) is 41.3 Å². The van der Waals surface area contributed by atoms with Crippen molar-refractivity contribution in [3.05, 3.63) is 36.4 Å². The van der Waals surface area contributed by atoms with Gasteiger partial charge in [0.15, 0.2) is 6.21 Å². The molecule has 2 aliphatic rings. The second kappa shape index (κ2) is 2.23. The van der Waals surface area contributed by atoms with Gasteiger partial charge < -0.3 is 0 Å². The van der Waals surface area contributed by atoms with Crippen LogP contribution in [0, 0.1) is 0 Å². The van der Waals surface area contributed by atoms with Crippen molar-refractivity contribution in [2.45, 2.75) is 10.3 Å². The highest BCUT2D eigenvalue weighted by Crippen LogP contribution is 2.42.